The summed E-state index contributed by atoms with van der Waals surface area (Å²) in [4.78, 5) is 0. The fourth-order valence-corrected chi connectivity index (χ4v) is 3.09. The highest BCUT2D eigenvalue weighted by Crippen LogP contribution is 2.43. The Morgan fingerprint density at radius 1 is 1.19 bits per heavy atom. The lowest BCUT2D eigenvalue weighted by Gasteiger charge is -2.26. The molecule has 134 valence electrons. The highest BCUT2D eigenvalue weighted by atomic mass is 16.5. The van der Waals surface area contributed by atoms with Crippen LogP contribution < -0.4 is 15.2 Å². The molecule has 0 fully saturated rings. The molecule has 0 aromatic heterocycles. The number of rotatable bonds is 6. The van der Waals surface area contributed by atoms with E-state index in [2.05, 4.69) is 13.0 Å². The second-order valence-corrected chi connectivity index (χ2v) is 6.27. The maximum absolute atomic E-state index is 9.69. The van der Waals surface area contributed by atoms with Crippen LogP contribution in [0.4, 0.5) is 0 Å². The summed E-state index contributed by atoms with van der Waals surface area (Å²) in [5.41, 5.74) is 8.01. The number of fused-ring (bicyclic) bond motifs is 1. The van der Waals surface area contributed by atoms with Crippen LogP contribution in [0.15, 0.2) is 53.9 Å². The van der Waals surface area contributed by atoms with Gasteiger partial charge in [0.05, 0.1) is 12.5 Å². The lowest BCUT2D eigenvalue weighted by molar-refractivity contribution is 0.306. The van der Waals surface area contributed by atoms with Gasteiger partial charge in [-0.2, -0.15) is 5.26 Å². The predicted octanol–water partition coefficient (Wildman–Crippen LogP) is 4.18. The Bertz CT molecular complexity index is 851. The monoisotopic (exact) mass is 350 g/mol. The molecule has 0 amide bonds. The predicted molar refractivity (Wildman–Crippen MR) is 98.9 cm³/mol. The van der Waals surface area contributed by atoms with Gasteiger partial charge in [-0.3, -0.25) is 0 Å². The summed E-state index contributed by atoms with van der Waals surface area (Å²) in [6.07, 6.45) is 3.35. The zero-order chi connectivity index (χ0) is 18.5. The number of nitriles is 1. The van der Waals surface area contributed by atoms with Crippen molar-refractivity contribution in [1.29, 1.82) is 5.26 Å². The van der Waals surface area contributed by atoms with Crippen LogP contribution in [-0.2, 0) is 0 Å². The Morgan fingerprint density at radius 2 is 1.96 bits per heavy atom. The molecule has 3 N–H and O–H groups in total. The van der Waals surface area contributed by atoms with Crippen LogP contribution in [-0.4, -0.2) is 11.7 Å². The molecule has 0 saturated carbocycles. The summed E-state index contributed by atoms with van der Waals surface area (Å²) in [5.74, 6) is 1.09. The van der Waals surface area contributed by atoms with E-state index in [-0.39, 0.29) is 17.6 Å². The zero-order valence-corrected chi connectivity index (χ0v) is 14.7. The largest absolute Gasteiger partial charge is 0.508 e. The van der Waals surface area contributed by atoms with Crippen LogP contribution in [0, 0.1) is 11.3 Å². The zero-order valence-electron chi connectivity index (χ0n) is 14.7. The highest BCUT2D eigenvalue weighted by molar-refractivity contribution is 5.57. The minimum absolute atomic E-state index is 0.0653. The second kappa shape index (κ2) is 7.83. The van der Waals surface area contributed by atoms with E-state index in [9.17, 15) is 10.4 Å². The van der Waals surface area contributed by atoms with Gasteiger partial charge in [-0.15, -0.1) is 0 Å². The number of unbranched alkanes of at least 4 members (excludes halogenated alkanes) is 2. The Hall–Kier alpha value is -3.13. The second-order valence-electron chi connectivity index (χ2n) is 6.27. The van der Waals surface area contributed by atoms with E-state index in [1.807, 2.05) is 24.3 Å². The third-order valence-electron chi connectivity index (χ3n) is 4.43. The molecule has 0 saturated heterocycles. The van der Waals surface area contributed by atoms with Gasteiger partial charge < -0.3 is 20.3 Å². The molecule has 26 heavy (non-hydrogen) atoms. The third kappa shape index (κ3) is 3.60. The molecule has 0 bridgehead atoms. The minimum atomic E-state index is -0.335. The Balaban J connectivity index is 1.88. The van der Waals surface area contributed by atoms with Crippen molar-refractivity contribution in [3.05, 3.63) is 65.0 Å². The number of phenolic OH excluding ortho intramolecular Hbond substituents is 1. The molecule has 2 aromatic rings. The number of phenols is 1. The molecule has 1 atom stereocenters. The van der Waals surface area contributed by atoms with E-state index in [1.54, 1.807) is 12.1 Å². The van der Waals surface area contributed by atoms with Crippen molar-refractivity contribution in [3.63, 3.8) is 0 Å². The van der Waals surface area contributed by atoms with Crippen molar-refractivity contribution in [1.82, 2.24) is 0 Å². The average molecular weight is 350 g/mol. The summed E-state index contributed by atoms with van der Waals surface area (Å²) in [6.45, 7) is 2.86. The van der Waals surface area contributed by atoms with E-state index in [1.165, 1.54) is 6.07 Å². The molecular weight excluding hydrogens is 328 g/mol. The van der Waals surface area contributed by atoms with Gasteiger partial charge in [0.15, 0.2) is 0 Å². The molecule has 1 aliphatic rings. The van der Waals surface area contributed by atoms with Crippen molar-refractivity contribution in [2.24, 2.45) is 5.73 Å². The third-order valence-corrected chi connectivity index (χ3v) is 4.43. The van der Waals surface area contributed by atoms with E-state index < -0.39 is 0 Å². The molecule has 0 aliphatic carbocycles. The lowest BCUT2D eigenvalue weighted by Crippen LogP contribution is -2.20. The summed E-state index contributed by atoms with van der Waals surface area (Å²) in [7, 11) is 0. The number of nitrogens with two attached hydrogens (primary N) is 1. The van der Waals surface area contributed by atoms with Crippen molar-refractivity contribution < 1.29 is 14.6 Å². The Labute approximate surface area is 153 Å². The number of hydrogen-bond donors (Lipinski definition) is 2. The maximum atomic E-state index is 9.69. The van der Waals surface area contributed by atoms with Crippen LogP contribution >= 0.6 is 0 Å². The summed E-state index contributed by atoms with van der Waals surface area (Å²) in [5, 5.41) is 19.2. The molecule has 1 aliphatic heterocycles. The van der Waals surface area contributed by atoms with Gasteiger partial charge in [0.1, 0.15) is 28.9 Å². The molecule has 3 rings (SSSR count). The van der Waals surface area contributed by atoms with Crippen LogP contribution in [0.25, 0.3) is 0 Å². The number of nitrogens with zero attached hydrogens (tertiary/aromatic N) is 1. The molecule has 0 spiro atoms. The van der Waals surface area contributed by atoms with E-state index >= 15 is 0 Å². The topological polar surface area (TPSA) is 88.5 Å². The first kappa shape index (κ1) is 17.7. The van der Waals surface area contributed by atoms with Crippen molar-refractivity contribution >= 4 is 0 Å². The van der Waals surface area contributed by atoms with E-state index in [0.717, 1.165) is 36.1 Å². The molecule has 5 heteroatoms. The van der Waals surface area contributed by atoms with Crippen molar-refractivity contribution in [2.45, 2.75) is 32.1 Å². The Morgan fingerprint density at radius 3 is 2.65 bits per heavy atom. The van der Waals surface area contributed by atoms with Crippen molar-refractivity contribution in [2.75, 3.05) is 6.61 Å². The van der Waals surface area contributed by atoms with Gasteiger partial charge in [0, 0.05) is 11.6 Å². The standard InChI is InChI=1S/C21H22N2O3/c1-2-3-4-11-25-16-8-5-14(6-9-16)20-17-10-7-15(24)12-19(17)26-21(23)18(20)13-22/h5-10,12,20,24H,2-4,11,23H2,1H3/t20-/m0/s1. The summed E-state index contributed by atoms with van der Waals surface area (Å²) >= 11 is 0. The number of benzene rings is 2. The molecule has 2 aromatic carbocycles. The molecular formula is C21H22N2O3. The maximum Gasteiger partial charge on any atom is 0.205 e. The van der Waals surface area contributed by atoms with Gasteiger partial charge in [0.25, 0.3) is 0 Å². The van der Waals surface area contributed by atoms with Gasteiger partial charge in [-0.1, -0.05) is 38.0 Å². The molecule has 0 unspecified atom stereocenters. The minimum Gasteiger partial charge on any atom is -0.508 e. The quantitative estimate of drug-likeness (QED) is 0.763. The number of hydrogen-bond acceptors (Lipinski definition) is 5. The van der Waals surface area contributed by atoms with Crippen LogP contribution in [0.5, 0.6) is 17.2 Å². The van der Waals surface area contributed by atoms with Gasteiger partial charge >= 0.3 is 0 Å². The SMILES string of the molecule is CCCCCOc1ccc([C@@H]2C(C#N)=C(N)Oc3cc(O)ccc32)cc1. The average Bonchev–Trinajstić information content (AvgIpc) is 2.64. The van der Waals surface area contributed by atoms with Crippen molar-refractivity contribution in [3.8, 4) is 23.3 Å². The fourth-order valence-electron chi connectivity index (χ4n) is 3.09. The lowest BCUT2D eigenvalue weighted by atomic mass is 9.83. The van der Waals surface area contributed by atoms with Gasteiger partial charge in [0.2, 0.25) is 5.88 Å². The highest BCUT2D eigenvalue weighted by Gasteiger charge is 2.30. The first-order valence-electron chi connectivity index (χ1n) is 8.77. The fraction of sp³-hybridized carbons (Fsp3) is 0.286. The molecule has 5 nitrogen and oxygen atoms in total. The molecule has 0 radical (unpaired) electrons. The first-order valence-corrected chi connectivity index (χ1v) is 8.77. The van der Waals surface area contributed by atoms with Crippen LogP contribution in [0.3, 0.4) is 0 Å². The van der Waals surface area contributed by atoms with Gasteiger partial charge in [-0.25, -0.2) is 0 Å². The summed E-state index contributed by atoms with van der Waals surface area (Å²) < 4.78 is 11.3. The van der Waals surface area contributed by atoms with E-state index in [4.69, 9.17) is 15.2 Å². The molecule has 1 heterocycles. The number of aromatic hydroxyl groups is 1. The number of allylic oxidation sites excluding steroid dienone is 1. The summed E-state index contributed by atoms with van der Waals surface area (Å²) in [6, 6.07) is 14.7. The van der Waals surface area contributed by atoms with Gasteiger partial charge in [-0.05, 0) is 30.2 Å². The van der Waals surface area contributed by atoms with Crippen LogP contribution in [0.2, 0.25) is 0 Å². The first-order chi connectivity index (χ1) is 12.6. The van der Waals surface area contributed by atoms with E-state index in [0.29, 0.717) is 17.9 Å². The van der Waals surface area contributed by atoms with Crippen LogP contribution in [0.1, 0.15) is 43.2 Å². The Kier molecular flexibility index (Phi) is 5.33. The number of ether oxygens (including phenoxy) is 2. The normalized spacial score (nSPS) is 15.8. The smallest absolute Gasteiger partial charge is 0.205 e.